The highest BCUT2D eigenvalue weighted by molar-refractivity contribution is 7.89. The third-order valence-corrected chi connectivity index (χ3v) is 3.63. The van der Waals surface area contributed by atoms with Gasteiger partial charge >= 0.3 is 0 Å². The van der Waals surface area contributed by atoms with E-state index in [9.17, 15) is 12.8 Å². The summed E-state index contributed by atoms with van der Waals surface area (Å²) in [5.41, 5.74) is 1.09. The Balaban J connectivity index is 2.31. The standard InChI is InChI=1S/C9H17FN2O2S/c10-4-1-7-15(13,14)12-8-9-2-5-11-6-3-9/h2,11-12H,1,3-8H2. The largest absolute Gasteiger partial charge is 0.313 e. The SMILES string of the molecule is O=S(=O)(CCCF)NCC1=CCNCC1. The Morgan fingerprint density at radius 1 is 1.53 bits per heavy atom. The van der Waals surface area contributed by atoms with E-state index in [1.54, 1.807) is 0 Å². The lowest BCUT2D eigenvalue weighted by atomic mass is 10.1. The van der Waals surface area contributed by atoms with Crippen LogP contribution < -0.4 is 10.0 Å². The van der Waals surface area contributed by atoms with Crippen LogP contribution in [-0.2, 0) is 10.0 Å². The number of hydrogen-bond donors (Lipinski definition) is 2. The van der Waals surface area contributed by atoms with Gasteiger partial charge in [-0.2, -0.15) is 0 Å². The second-order valence-corrected chi connectivity index (χ2v) is 5.43. The number of hydrogen-bond acceptors (Lipinski definition) is 3. The summed E-state index contributed by atoms with van der Waals surface area (Å²) >= 11 is 0. The number of sulfonamides is 1. The molecule has 2 N–H and O–H groups in total. The highest BCUT2D eigenvalue weighted by atomic mass is 32.2. The summed E-state index contributed by atoms with van der Waals surface area (Å²) in [6.45, 7) is 1.45. The van der Waals surface area contributed by atoms with E-state index < -0.39 is 16.7 Å². The fourth-order valence-electron chi connectivity index (χ4n) is 1.35. The summed E-state index contributed by atoms with van der Waals surface area (Å²) in [5, 5.41) is 3.14. The lowest BCUT2D eigenvalue weighted by Crippen LogP contribution is -2.31. The van der Waals surface area contributed by atoms with Crippen molar-refractivity contribution in [3.63, 3.8) is 0 Å². The van der Waals surface area contributed by atoms with Gasteiger partial charge in [-0.15, -0.1) is 0 Å². The number of rotatable bonds is 6. The van der Waals surface area contributed by atoms with Gasteiger partial charge in [0, 0.05) is 13.1 Å². The van der Waals surface area contributed by atoms with Gasteiger partial charge in [0.25, 0.3) is 0 Å². The van der Waals surface area contributed by atoms with Crippen LogP contribution in [0.25, 0.3) is 0 Å². The maximum absolute atomic E-state index is 11.8. The van der Waals surface area contributed by atoms with Gasteiger partial charge in [-0.3, -0.25) is 4.39 Å². The highest BCUT2D eigenvalue weighted by Crippen LogP contribution is 2.03. The van der Waals surface area contributed by atoms with Crippen molar-refractivity contribution in [2.75, 3.05) is 32.1 Å². The Bertz CT molecular complexity index is 314. The van der Waals surface area contributed by atoms with E-state index in [0.717, 1.165) is 25.1 Å². The highest BCUT2D eigenvalue weighted by Gasteiger charge is 2.11. The zero-order valence-corrected chi connectivity index (χ0v) is 9.45. The maximum Gasteiger partial charge on any atom is 0.211 e. The molecule has 0 bridgehead atoms. The Morgan fingerprint density at radius 3 is 2.93 bits per heavy atom. The van der Waals surface area contributed by atoms with E-state index in [2.05, 4.69) is 10.0 Å². The Labute approximate surface area is 90.0 Å². The van der Waals surface area contributed by atoms with Gasteiger partial charge in [0.1, 0.15) is 0 Å². The zero-order valence-electron chi connectivity index (χ0n) is 8.63. The molecule has 88 valence electrons. The van der Waals surface area contributed by atoms with Crippen LogP contribution >= 0.6 is 0 Å². The molecule has 0 spiro atoms. The molecule has 0 atom stereocenters. The van der Waals surface area contributed by atoms with Crippen molar-refractivity contribution in [3.05, 3.63) is 11.6 Å². The van der Waals surface area contributed by atoms with Gasteiger partial charge in [-0.1, -0.05) is 11.6 Å². The molecule has 1 aliphatic rings. The van der Waals surface area contributed by atoms with Crippen molar-refractivity contribution in [2.45, 2.75) is 12.8 Å². The molecule has 0 amide bonds. The summed E-state index contributed by atoms with van der Waals surface area (Å²) in [7, 11) is -3.29. The fraction of sp³-hybridized carbons (Fsp3) is 0.778. The first-order valence-corrected chi connectivity index (χ1v) is 6.71. The van der Waals surface area contributed by atoms with Crippen molar-refractivity contribution < 1.29 is 12.8 Å². The monoisotopic (exact) mass is 236 g/mol. The van der Waals surface area contributed by atoms with E-state index >= 15 is 0 Å². The molecule has 15 heavy (non-hydrogen) atoms. The summed E-state index contributed by atoms with van der Waals surface area (Å²) in [6.07, 6.45) is 2.92. The van der Waals surface area contributed by atoms with Gasteiger partial charge in [0.05, 0.1) is 12.4 Å². The molecule has 6 heteroatoms. The van der Waals surface area contributed by atoms with Crippen LogP contribution in [-0.4, -0.2) is 40.5 Å². The van der Waals surface area contributed by atoms with Crippen molar-refractivity contribution >= 4 is 10.0 Å². The molecule has 1 aliphatic heterocycles. The van der Waals surface area contributed by atoms with Crippen LogP contribution in [0.5, 0.6) is 0 Å². The number of halogens is 1. The summed E-state index contributed by atoms with van der Waals surface area (Å²) in [6, 6.07) is 0. The van der Waals surface area contributed by atoms with Crippen LogP contribution in [0.4, 0.5) is 4.39 Å². The topological polar surface area (TPSA) is 58.2 Å². The first-order chi connectivity index (χ1) is 7.14. The quantitative estimate of drug-likeness (QED) is 0.647. The lowest BCUT2D eigenvalue weighted by Gasteiger charge is -2.14. The lowest BCUT2D eigenvalue weighted by molar-refractivity contribution is 0.483. The smallest absolute Gasteiger partial charge is 0.211 e. The van der Waals surface area contributed by atoms with Crippen molar-refractivity contribution in [2.24, 2.45) is 0 Å². The average Bonchev–Trinajstić information content (AvgIpc) is 2.25. The van der Waals surface area contributed by atoms with Gasteiger partial charge in [-0.05, 0) is 19.4 Å². The van der Waals surface area contributed by atoms with Gasteiger partial charge in [0.2, 0.25) is 10.0 Å². The normalized spacial score (nSPS) is 17.5. The van der Waals surface area contributed by atoms with Crippen LogP contribution in [0.1, 0.15) is 12.8 Å². The molecular formula is C9H17FN2O2S. The molecule has 0 aromatic rings. The Morgan fingerprint density at radius 2 is 2.33 bits per heavy atom. The van der Waals surface area contributed by atoms with Gasteiger partial charge in [0.15, 0.2) is 0 Å². The summed E-state index contributed by atoms with van der Waals surface area (Å²) in [4.78, 5) is 0. The minimum absolute atomic E-state index is 0.0654. The molecule has 1 rings (SSSR count). The molecular weight excluding hydrogens is 219 g/mol. The Hall–Kier alpha value is -0.460. The number of nitrogens with one attached hydrogen (secondary N) is 2. The van der Waals surface area contributed by atoms with Crippen LogP contribution in [0.3, 0.4) is 0 Å². The van der Waals surface area contributed by atoms with Crippen molar-refractivity contribution in [1.82, 2.24) is 10.0 Å². The van der Waals surface area contributed by atoms with Crippen molar-refractivity contribution in [1.29, 1.82) is 0 Å². The second-order valence-electron chi connectivity index (χ2n) is 3.50. The van der Waals surface area contributed by atoms with Crippen LogP contribution in [0, 0.1) is 0 Å². The fourth-order valence-corrected chi connectivity index (χ4v) is 2.39. The minimum Gasteiger partial charge on any atom is -0.313 e. The molecule has 0 radical (unpaired) electrons. The second kappa shape index (κ2) is 6.19. The molecule has 4 nitrogen and oxygen atoms in total. The van der Waals surface area contributed by atoms with E-state index in [4.69, 9.17) is 0 Å². The first kappa shape index (κ1) is 12.6. The first-order valence-electron chi connectivity index (χ1n) is 5.06. The minimum atomic E-state index is -3.29. The van der Waals surface area contributed by atoms with Crippen LogP contribution in [0.15, 0.2) is 11.6 Å². The third-order valence-electron chi connectivity index (χ3n) is 2.22. The summed E-state index contributed by atoms with van der Waals surface area (Å²) in [5.74, 6) is -0.130. The van der Waals surface area contributed by atoms with Crippen molar-refractivity contribution in [3.8, 4) is 0 Å². The molecule has 0 aromatic carbocycles. The molecule has 0 saturated carbocycles. The third kappa shape index (κ3) is 5.25. The predicted octanol–water partition coefficient (Wildman–Crippen LogP) is 0.185. The molecule has 0 aliphatic carbocycles. The molecule has 0 aromatic heterocycles. The van der Waals surface area contributed by atoms with E-state index in [0.29, 0.717) is 6.54 Å². The molecule has 0 unspecified atom stereocenters. The molecule has 0 saturated heterocycles. The van der Waals surface area contributed by atoms with Gasteiger partial charge < -0.3 is 5.32 Å². The van der Waals surface area contributed by atoms with Gasteiger partial charge in [-0.25, -0.2) is 13.1 Å². The Kier molecular flexibility index (Phi) is 5.21. The number of alkyl halides is 1. The van der Waals surface area contributed by atoms with Crippen LogP contribution in [0.2, 0.25) is 0 Å². The zero-order chi connectivity index (χ0) is 11.1. The predicted molar refractivity (Wildman–Crippen MR) is 58.0 cm³/mol. The molecule has 1 heterocycles. The van der Waals surface area contributed by atoms with E-state index in [-0.39, 0.29) is 12.2 Å². The maximum atomic E-state index is 11.8. The van der Waals surface area contributed by atoms with E-state index in [1.165, 1.54) is 0 Å². The summed E-state index contributed by atoms with van der Waals surface area (Å²) < 4.78 is 36.9. The average molecular weight is 236 g/mol. The van der Waals surface area contributed by atoms with E-state index in [1.807, 2.05) is 6.08 Å². The molecule has 0 fully saturated rings.